The molecule has 0 aromatic heterocycles. The van der Waals surface area contributed by atoms with E-state index in [2.05, 4.69) is 39.5 Å². The van der Waals surface area contributed by atoms with E-state index in [9.17, 15) is 4.79 Å². The fourth-order valence-electron chi connectivity index (χ4n) is 1.82. The van der Waals surface area contributed by atoms with E-state index in [0.717, 1.165) is 25.7 Å². The van der Waals surface area contributed by atoms with Gasteiger partial charge in [-0.15, -0.1) is 0 Å². The maximum atomic E-state index is 11.0. The zero-order valence-electron chi connectivity index (χ0n) is 13.1. The predicted octanol–water partition coefficient (Wildman–Crippen LogP) is 4.97. The van der Waals surface area contributed by atoms with Crippen molar-refractivity contribution < 1.29 is 9.53 Å². The summed E-state index contributed by atoms with van der Waals surface area (Å²) in [5, 5.41) is 0. The minimum Gasteiger partial charge on any atom is -0.455 e. The van der Waals surface area contributed by atoms with E-state index in [4.69, 9.17) is 4.74 Å². The summed E-state index contributed by atoms with van der Waals surface area (Å²) < 4.78 is 5.29. The number of hydrogen-bond donors (Lipinski definition) is 0. The first-order chi connectivity index (χ1) is 8.79. The summed E-state index contributed by atoms with van der Waals surface area (Å²) in [5.74, 6) is -0.258. The molecule has 0 rings (SSSR count). The Bertz CT molecular complexity index is 359. The third kappa shape index (κ3) is 9.29. The van der Waals surface area contributed by atoms with Gasteiger partial charge in [0.2, 0.25) is 0 Å². The number of carbonyl (C=O) groups is 1. The second-order valence-corrected chi connectivity index (χ2v) is 5.52. The van der Waals surface area contributed by atoms with Gasteiger partial charge < -0.3 is 4.74 Å². The van der Waals surface area contributed by atoms with Gasteiger partial charge in [-0.3, -0.25) is 4.79 Å². The molecule has 0 spiro atoms. The Morgan fingerprint density at radius 2 is 1.79 bits per heavy atom. The normalized spacial score (nSPS) is 14.5. The molecule has 0 unspecified atom stereocenters. The Morgan fingerprint density at radius 1 is 1.16 bits per heavy atom. The lowest BCUT2D eigenvalue weighted by molar-refractivity contribution is -0.151. The Balaban J connectivity index is 4.20. The smallest absolute Gasteiger partial charge is 0.303 e. The summed E-state index contributed by atoms with van der Waals surface area (Å²) in [6, 6.07) is 0. The van der Waals surface area contributed by atoms with Crippen LogP contribution in [0.4, 0.5) is 0 Å². The predicted molar refractivity (Wildman–Crippen MR) is 82.0 cm³/mol. The molecule has 0 aliphatic rings. The summed E-state index contributed by atoms with van der Waals surface area (Å²) in [6.07, 6.45) is 10.0. The molecule has 0 aliphatic heterocycles. The highest BCUT2D eigenvalue weighted by Gasteiger charge is 2.22. The first kappa shape index (κ1) is 17.7. The number of hydrogen-bond acceptors (Lipinski definition) is 2. The van der Waals surface area contributed by atoms with Crippen LogP contribution in [0.5, 0.6) is 0 Å². The van der Waals surface area contributed by atoms with Crippen molar-refractivity contribution in [3.05, 3.63) is 36.0 Å². The van der Waals surface area contributed by atoms with Crippen molar-refractivity contribution in [3.63, 3.8) is 0 Å². The molecule has 0 amide bonds. The highest BCUT2D eigenvalue weighted by atomic mass is 16.6. The van der Waals surface area contributed by atoms with Gasteiger partial charge in [0.05, 0.1) is 0 Å². The molecule has 19 heavy (non-hydrogen) atoms. The van der Waals surface area contributed by atoms with Crippen molar-refractivity contribution in [2.75, 3.05) is 0 Å². The van der Waals surface area contributed by atoms with Gasteiger partial charge >= 0.3 is 5.97 Å². The van der Waals surface area contributed by atoms with E-state index in [0.29, 0.717) is 0 Å². The average molecular weight is 264 g/mol. The van der Waals surface area contributed by atoms with Gasteiger partial charge in [0, 0.05) is 6.92 Å². The molecular weight excluding hydrogens is 236 g/mol. The van der Waals surface area contributed by atoms with Crippen molar-refractivity contribution >= 4 is 5.97 Å². The summed E-state index contributed by atoms with van der Waals surface area (Å²) >= 11 is 0. The molecule has 0 fully saturated rings. The molecule has 0 aromatic carbocycles. The van der Waals surface area contributed by atoms with Crippen LogP contribution in [0.3, 0.4) is 0 Å². The van der Waals surface area contributed by atoms with Gasteiger partial charge in [0.25, 0.3) is 0 Å². The fourth-order valence-corrected chi connectivity index (χ4v) is 1.82. The molecular formula is C17H28O2. The van der Waals surface area contributed by atoms with Crippen LogP contribution >= 0.6 is 0 Å². The number of ether oxygens (including phenoxy) is 1. The van der Waals surface area contributed by atoms with Crippen LogP contribution in [-0.4, -0.2) is 11.6 Å². The highest BCUT2D eigenvalue weighted by Crippen LogP contribution is 2.20. The van der Waals surface area contributed by atoms with Crippen molar-refractivity contribution in [2.45, 2.75) is 65.9 Å². The molecule has 0 heterocycles. The van der Waals surface area contributed by atoms with E-state index >= 15 is 0 Å². The Morgan fingerprint density at radius 3 is 2.26 bits per heavy atom. The molecule has 2 heteroatoms. The second-order valence-electron chi connectivity index (χ2n) is 5.52. The zero-order chi connectivity index (χ0) is 14.9. The maximum Gasteiger partial charge on any atom is 0.303 e. The van der Waals surface area contributed by atoms with Crippen molar-refractivity contribution in [3.8, 4) is 0 Å². The highest BCUT2D eigenvalue weighted by molar-refractivity contribution is 5.66. The van der Waals surface area contributed by atoms with Crippen LogP contribution in [0.1, 0.15) is 60.3 Å². The van der Waals surface area contributed by atoms with Crippen LogP contribution in [0, 0.1) is 0 Å². The molecule has 2 nitrogen and oxygen atoms in total. The number of rotatable bonds is 8. The first-order valence-electron chi connectivity index (χ1n) is 6.91. The second kappa shape index (κ2) is 8.73. The van der Waals surface area contributed by atoms with E-state index < -0.39 is 5.60 Å². The average Bonchev–Trinajstić information content (AvgIpc) is 2.27. The maximum absolute atomic E-state index is 11.0. The summed E-state index contributed by atoms with van der Waals surface area (Å²) in [6.45, 7) is 13.5. The standard InChI is InChI=1S/C17H28O2/c1-7-17(6,19-16(5)18)13-9-12-15(4)11-8-10-14(2)3/h7,10,12H,1,8-9,11,13H2,2-6H3/t17-/m0/s1. The topological polar surface area (TPSA) is 26.3 Å². The molecule has 0 bridgehead atoms. The van der Waals surface area contributed by atoms with Gasteiger partial charge in [-0.2, -0.15) is 0 Å². The third-order valence-corrected chi connectivity index (χ3v) is 3.03. The summed E-state index contributed by atoms with van der Waals surface area (Å²) in [5.41, 5.74) is 2.19. The molecule has 0 saturated carbocycles. The van der Waals surface area contributed by atoms with Crippen LogP contribution in [-0.2, 0) is 9.53 Å². The van der Waals surface area contributed by atoms with Gasteiger partial charge in [0.15, 0.2) is 0 Å². The minimum atomic E-state index is -0.553. The van der Waals surface area contributed by atoms with Gasteiger partial charge in [-0.05, 0) is 59.5 Å². The Kier molecular flexibility index (Phi) is 8.13. The Labute approximate surface area is 118 Å². The first-order valence-corrected chi connectivity index (χ1v) is 6.91. The lowest BCUT2D eigenvalue weighted by atomic mass is 9.98. The van der Waals surface area contributed by atoms with Crippen molar-refractivity contribution in [1.29, 1.82) is 0 Å². The molecule has 1 atom stereocenters. The molecule has 0 aliphatic carbocycles. The van der Waals surface area contributed by atoms with E-state index in [-0.39, 0.29) is 5.97 Å². The SMILES string of the molecule is C=C[C@@](C)(CCC=C(C)CCC=C(C)C)OC(C)=O. The minimum absolute atomic E-state index is 0.258. The molecule has 0 saturated heterocycles. The van der Waals surface area contributed by atoms with Gasteiger partial charge in [-0.25, -0.2) is 0 Å². The fraction of sp³-hybridized carbons (Fsp3) is 0.588. The third-order valence-electron chi connectivity index (χ3n) is 3.03. The molecule has 0 N–H and O–H groups in total. The number of carbonyl (C=O) groups excluding carboxylic acids is 1. The largest absolute Gasteiger partial charge is 0.455 e. The van der Waals surface area contributed by atoms with Crippen LogP contribution < -0.4 is 0 Å². The number of esters is 1. The molecule has 0 radical (unpaired) electrons. The molecule has 0 aromatic rings. The van der Waals surface area contributed by atoms with E-state index in [1.165, 1.54) is 18.1 Å². The number of allylic oxidation sites excluding steroid dienone is 4. The van der Waals surface area contributed by atoms with Crippen molar-refractivity contribution in [1.82, 2.24) is 0 Å². The van der Waals surface area contributed by atoms with Crippen molar-refractivity contribution in [2.24, 2.45) is 0 Å². The Hall–Kier alpha value is -1.31. The zero-order valence-corrected chi connectivity index (χ0v) is 13.1. The van der Waals surface area contributed by atoms with E-state index in [1.54, 1.807) is 6.08 Å². The summed E-state index contributed by atoms with van der Waals surface area (Å²) in [4.78, 5) is 11.0. The van der Waals surface area contributed by atoms with Crippen LogP contribution in [0.2, 0.25) is 0 Å². The lowest BCUT2D eigenvalue weighted by Crippen LogP contribution is -2.27. The summed E-state index contributed by atoms with van der Waals surface area (Å²) in [7, 11) is 0. The van der Waals surface area contributed by atoms with Gasteiger partial charge in [0.1, 0.15) is 5.60 Å². The van der Waals surface area contributed by atoms with Crippen LogP contribution in [0.25, 0.3) is 0 Å². The van der Waals surface area contributed by atoms with E-state index in [1.807, 2.05) is 6.92 Å². The van der Waals surface area contributed by atoms with Gasteiger partial charge in [-0.1, -0.05) is 29.9 Å². The van der Waals surface area contributed by atoms with Crippen LogP contribution in [0.15, 0.2) is 36.0 Å². The lowest BCUT2D eigenvalue weighted by Gasteiger charge is -2.24. The quantitative estimate of drug-likeness (QED) is 0.457. The molecule has 108 valence electrons. The monoisotopic (exact) mass is 264 g/mol.